The largest absolute Gasteiger partial charge is 0.313 e. The standard InChI is InChI=1S/C12H24N2/c1-10-8-13-9-12(14-10)6-4-11(2,3)5-7-12/h10,13-14H,4-9H2,1-3H3/t10-/m0/s1. The molecule has 2 aliphatic rings. The minimum absolute atomic E-state index is 0.424. The molecule has 2 N–H and O–H groups in total. The van der Waals surface area contributed by atoms with Crippen LogP contribution < -0.4 is 10.6 Å². The van der Waals surface area contributed by atoms with Crippen LogP contribution in [0.4, 0.5) is 0 Å². The van der Waals surface area contributed by atoms with Crippen LogP contribution in [0.15, 0.2) is 0 Å². The van der Waals surface area contributed by atoms with Crippen molar-refractivity contribution in [2.75, 3.05) is 13.1 Å². The Labute approximate surface area is 87.8 Å². The lowest BCUT2D eigenvalue weighted by Gasteiger charge is -2.48. The van der Waals surface area contributed by atoms with Gasteiger partial charge >= 0.3 is 0 Å². The molecule has 1 spiro atoms. The number of hydrogen-bond acceptors (Lipinski definition) is 2. The van der Waals surface area contributed by atoms with Crippen molar-refractivity contribution in [2.24, 2.45) is 5.41 Å². The van der Waals surface area contributed by atoms with Gasteiger partial charge in [0.05, 0.1) is 0 Å². The fourth-order valence-corrected chi connectivity index (χ4v) is 2.88. The maximum absolute atomic E-state index is 3.81. The van der Waals surface area contributed by atoms with Gasteiger partial charge in [0, 0.05) is 24.7 Å². The Hall–Kier alpha value is -0.0800. The number of piperazine rings is 1. The molecule has 2 nitrogen and oxygen atoms in total. The summed E-state index contributed by atoms with van der Waals surface area (Å²) in [6.45, 7) is 9.39. The van der Waals surface area contributed by atoms with E-state index in [0.717, 1.165) is 6.54 Å². The second-order valence-electron chi connectivity index (χ2n) is 6.12. The molecule has 1 atom stereocenters. The molecular formula is C12H24N2. The maximum Gasteiger partial charge on any atom is 0.0309 e. The van der Waals surface area contributed by atoms with Gasteiger partial charge in [0.2, 0.25) is 0 Å². The third-order valence-corrected chi connectivity index (χ3v) is 4.03. The number of hydrogen-bond donors (Lipinski definition) is 2. The van der Waals surface area contributed by atoms with Crippen LogP contribution in [0.25, 0.3) is 0 Å². The molecule has 2 rings (SSSR count). The average molecular weight is 196 g/mol. The first-order chi connectivity index (χ1) is 6.52. The van der Waals surface area contributed by atoms with Gasteiger partial charge < -0.3 is 10.6 Å². The topological polar surface area (TPSA) is 24.1 Å². The van der Waals surface area contributed by atoms with Crippen molar-refractivity contribution in [3.05, 3.63) is 0 Å². The van der Waals surface area contributed by atoms with Gasteiger partial charge in [-0.15, -0.1) is 0 Å². The molecule has 0 amide bonds. The molecular weight excluding hydrogens is 172 g/mol. The Morgan fingerprint density at radius 2 is 1.71 bits per heavy atom. The Morgan fingerprint density at radius 3 is 2.29 bits per heavy atom. The summed E-state index contributed by atoms with van der Waals surface area (Å²) in [5.74, 6) is 0. The predicted molar refractivity (Wildman–Crippen MR) is 60.4 cm³/mol. The van der Waals surface area contributed by atoms with Gasteiger partial charge in [-0.3, -0.25) is 0 Å². The normalized spacial score (nSPS) is 35.8. The molecule has 1 aliphatic heterocycles. The first kappa shape index (κ1) is 10.4. The van der Waals surface area contributed by atoms with Crippen LogP contribution in [0.3, 0.4) is 0 Å². The van der Waals surface area contributed by atoms with Gasteiger partial charge in [-0.2, -0.15) is 0 Å². The molecule has 1 saturated carbocycles. The van der Waals surface area contributed by atoms with E-state index < -0.39 is 0 Å². The summed E-state index contributed by atoms with van der Waals surface area (Å²) >= 11 is 0. The SMILES string of the molecule is C[C@H]1CNCC2(CCC(C)(C)CC2)N1. The van der Waals surface area contributed by atoms with E-state index >= 15 is 0 Å². The summed E-state index contributed by atoms with van der Waals surface area (Å²) in [6.07, 6.45) is 5.43. The van der Waals surface area contributed by atoms with Gasteiger partial charge in [-0.25, -0.2) is 0 Å². The molecule has 0 radical (unpaired) electrons. The van der Waals surface area contributed by atoms with Crippen LogP contribution in [0, 0.1) is 5.41 Å². The molecule has 0 aromatic heterocycles. The lowest BCUT2D eigenvalue weighted by Crippen LogP contribution is -2.64. The summed E-state index contributed by atoms with van der Waals surface area (Å²) < 4.78 is 0. The molecule has 0 aromatic rings. The van der Waals surface area contributed by atoms with Crippen LogP contribution in [0.1, 0.15) is 46.5 Å². The molecule has 0 unspecified atom stereocenters. The Balaban J connectivity index is 1.98. The van der Waals surface area contributed by atoms with E-state index in [1.165, 1.54) is 32.2 Å². The third-order valence-electron chi connectivity index (χ3n) is 4.03. The predicted octanol–water partition coefficient (Wildman–Crippen LogP) is 1.91. The van der Waals surface area contributed by atoms with Crippen molar-refractivity contribution >= 4 is 0 Å². The average Bonchev–Trinajstić information content (AvgIpc) is 2.12. The Kier molecular flexibility index (Phi) is 2.61. The van der Waals surface area contributed by atoms with Crippen molar-refractivity contribution in [1.82, 2.24) is 10.6 Å². The molecule has 0 bridgehead atoms. The van der Waals surface area contributed by atoms with Crippen molar-refractivity contribution in [1.29, 1.82) is 0 Å². The second kappa shape index (κ2) is 3.49. The van der Waals surface area contributed by atoms with E-state index in [4.69, 9.17) is 0 Å². The van der Waals surface area contributed by atoms with E-state index in [1.54, 1.807) is 0 Å². The van der Waals surface area contributed by atoms with Crippen LogP contribution in [-0.4, -0.2) is 24.7 Å². The zero-order valence-corrected chi connectivity index (χ0v) is 9.82. The zero-order valence-electron chi connectivity index (χ0n) is 9.82. The molecule has 2 fully saturated rings. The third kappa shape index (κ3) is 2.12. The van der Waals surface area contributed by atoms with Gasteiger partial charge in [0.15, 0.2) is 0 Å². The summed E-state index contributed by atoms with van der Waals surface area (Å²) in [6, 6.07) is 0.643. The summed E-state index contributed by atoms with van der Waals surface area (Å²) in [4.78, 5) is 0. The van der Waals surface area contributed by atoms with E-state index in [-0.39, 0.29) is 0 Å². The van der Waals surface area contributed by atoms with Crippen molar-refractivity contribution in [2.45, 2.75) is 58.0 Å². The zero-order chi connectivity index (χ0) is 10.2. The highest BCUT2D eigenvalue weighted by molar-refractivity contribution is 5.00. The van der Waals surface area contributed by atoms with Crippen LogP contribution in [-0.2, 0) is 0 Å². The van der Waals surface area contributed by atoms with Crippen LogP contribution in [0.2, 0.25) is 0 Å². The van der Waals surface area contributed by atoms with Crippen LogP contribution >= 0.6 is 0 Å². The summed E-state index contributed by atoms with van der Waals surface area (Å²) in [7, 11) is 0. The molecule has 2 heteroatoms. The van der Waals surface area contributed by atoms with Gasteiger partial charge in [0.1, 0.15) is 0 Å². The minimum Gasteiger partial charge on any atom is -0.313 e. The molecule has 1 heterocycles. The summed E-state index contributed by atoms with van der Waals surface area (Å²) in [5.41, 5.74) is 1.00. The fourth-order valence-electron chi connectivity index (χ4n) is 2.88. The number of nitrogens with one attached hydrogen (secondary N) is 2. The van der Waals surface area contributed by atoms with Gasteiger partial charge in [-0.1, -0.05) is 13.8 Å². The highest BCUT2D eigenvalue weighted by atomic mass is 15.1. The lowest BCUT2D eigenvalue weighted by atomic mass is 9.68. The van der Waals surface area contributed by atoms with E-state index in [0.29, 0.717) is 17.0 Å². The first-order valence-corrected chi connectivity index (χ1v) is 6.00. The van der Waals surface area contributed by atoms with E-state index in [9.17, 15) is 0 Å². The Morgan fingerprint density at radius 1 is 1.07 bits per heavy atom. The van der Waals surface area contributed by atoms with Gasteiger partial charge in [-0.05, 0) is 38.0 Å². The quantitative estimate of drug-likeness (QED) is 0.618. The van der Waals surface area contributed by atoms with Crippen molar-refractivity contribution in [3.8, 4) is 0 Å². The molecule has 1 saturated heterocycles. The van der Waals surface area contributed by atoms with Gasteiger partial charge in [0.25, 0.3) is 0 Å². The van der Waals surface area contributed by atoms with E-state index in [2.05, 4.69) is 31.4 Å². The van der Waals surface area contributed by atoms with Crippen molar-refractivity contribution in [3.63, 3.8) is 0 Å². The van der Waals surface area contributed by atoms with Crippen molar-refractivity contribution < 1.29 is 0 Å². The van der Waals surface area contributed by atoms with E-state index in [1.807, 2.05) is 0 Å². The smallest absolute Gasteiger partial charge is 0.0309 e. The highest BCUT2D eigenvalue weighted by Crippen LogP contribution is 2.40. The minimum atomic E-state index is 0.424. The number of rotatable bonds is 0. The van der Waals surface area contributed by atoms with Crippen LogP contribution in [0.5, 0.6) is 0 Å². The molecule has 1 aliphatic carbocycles. The second-order valence-corrected chi connectivity index (χ2v) is 6.12. The fraction of sp³-hybridized carbons (Fsp3) is 1.00. The highest BCUT2D eigenvalue weighted by Gasteiger charge is 2.40. The first-order valence-electron chi connectivity index (χ1n) is 6.00. The Bertz CT molecular complexity index is 200. The lowest BCUT2D eigenvalue weighted by molar-refractivity contribution is 0.106. The maximum atomic E-state index is 3.81. The molecule has 0 aromatic carbocycles. The summed E-state index contributed by atoms with van der Waals surface area (Å²) in [5, 5.41) is 7.37. The monoisotopic (exact) mass is 196 g/mol. The molecule has 14 heavy (non-hydrogen) atoms. The molecule has 82 valence electrons.